The first-order valence-corrected chi connectivity index (χ1v) is 14.2. The van der Waals surface area contributed by atoms with Crippen molar-refractivity contribution in [3.63, 3.8) is 0 Å². The van der Waals surface area contributed by atoms with Crippen molar-refractivity contribution in [1.82, 2.24) is 5.32 Å². The Bertz CT molecular complexity index is 1570. The third kappa shape index (κ3) is 6.86. The summed E-state index contributed by atoms with van der Waals surface area (Å²) in [6.07, 6.45) is 0.659. The highest BCUT2D eigenvalue weighted by Gasteiger charge is 2.29. The maximum atomic E-state index is 13.7. The van der Waals surface area contributed by atoms with Gasteiger partial charge in [0.1, 0.15) is 12.3 Å². The lowest BCUT2D eigenvalue weighted by molar-refractivity contribution is -0.114. The summed E-state index contributed by atoms with van der Waals surface area (Å²) in [5.41, 5.74) is 2.76. The van der Waals surface area contributed by atoms with Crippen LogP contribution in [0.15, 0.2) is 108 Å². The normalized spacial score (nSPS) is 10.9. The summed E-state index contributed by atoms with van der Waals surface area (Å²) in [6, 6.07) is 29.4. The predicted octanol–water partition coefficient (Wildman–Crippen LogP) is 4.81. The Morgan fingerprint density at radius 1 is 0.825 bits per heavy atom. The molecule has 206 valence electrons. The third-order valence-electron chi connectivity index (χ3n) is 6.24. The van der Waals surface area contributed by atoms with E-state index in [1.165, 1.54) is 19.2 Å². The van der Waals surface area contributed by atoms with Gasteiger partial charge in [-0.2, -0.15) is 0 Å². The van der Waals surface area contributed by atoms with Crippen LogP contribution in [0.3, 0.4) is 0 Å². The predicted molar refractivity (Wildman–Crippen MR) is 156 cm³/mol. The van der Waals surface area contributed by atoms with Crippen LogP contribution in [0.4, 0.5) is 11.4 Å². The summed E-state index contributed by atoms with van der Waals surface area (Å²) in [7, 11) is -2.71. The van der Waals surface area contributed by atoms with Crippen molar-refractivity contribution in [2.75, 3.05) is 29.8 Å². The lowest BCUT2D eigenvalue weighted by atomic mass is 10.1. The number of nitrogens with zero attached hydrogens (tertiary/aromatic N) is 1. The topological polar surface area (TPSA) is 105 Å². The number of ether oxygens (including phenoxy) is 1. The first kappa shape index (κ1) is 28.4. The van der Waals surface area contributed by atoms with Crippen molar-refractivity contribution in [1.29, 1.82) is 0 Å². The van der Waals surface area contributed by atoms with E-state index in [0.29, 0.717) is 18.7 Å². The molecule has 0 heterocycles. The van der Waals surface area contributed by atoms with Gasteiger partial charge < -0.3 is 15.4 Å². The maximum absolute atomic E-state index is 13.7. The number of para-hydroxylation sites is 3. The number of carbonyl (C=O) groups excluding carboxylic acids is 2. The van der Waals surface area contributed by atoms with Gasteiger partial charge in [0.2, 0.25) is 5.91 Å². The van der Waals surface area contributed by atoms with E-state index in [9.17, 15) is 18.0 Å². The van der Waals surface area contributed by atoms with Crippen LogP contribution in [0, 0.1) is 6.92 Å². The minimum atomic E-state index is -4.14. The summed E-state index contributed by atoms with van der Waals surface area (Å²) in [5, 5.41) is 5.60. The second-order valence-corrected chi connectivity index (χ2v) is 10.9. The summed E-state index contributed by atoms with van der Waals surface area (Å²) >= 11 is 0. The number of aryl methyl sites for hydroxylation is 1. The number of amides is 2. The lowest BCUT2D eigenvalue weighted by Gasteiger charge is -2.26. The molecule has 0 atom stereocenters. The number of nitrogens with one attached hydrogen (secondary N) is 2. The van der Waals surface area contributed by atoms with E-state index < -0.39 is 22.5 Å². The Kier molecular flexibility index (Phi) is 9.19. The number of hydrogen-bond donors (Lipinski definition) is 2. The lowest BCUT2D eigenvalue weighted by Crippen LogP contribution is -2.38. The number of carbonyl (C=O) groups is 2. The molecule has 4 aromatic rings. The molecule has 0 aliphatic rings. The second-order valence-electron chi connectivity index (χ2n) is 9.08. The molecule has 0 saturated carbocycles. The minimum Gasteiger partial charge on any atom is -0.495 e. The smallest absolute Gasteiger partial charge is 0.264 e. The third-order valence-corrected chi connectivity index (χ3v) is 8.01. The van der Waals surface area contributed by atoms with Gasteiger partial charge in [-0.15, -0.1) is 0 Å². The fraction of sp³-hybridized carbons (Fsp3) is 0.161. The van der Waals surface area contributed by atoms with Gasteiger partial charge >= 0.3 is 0 Å². The van der Waals surface area contributed by atoms with Crippen molar-refractivity contribution in [2.24, 2.45) is 0 Å². The number of sulfonamides is 1. The van der Waals surface area contributed by atoms with Crippen LogP contribution < -0.4 is 19.7 Å². The molecule has 40 heavy (non-hydrogen) atoms. The molecule has 4 rings (SSSR count). The molecule has 0 fully saturated rings. The van der Waals surface area contributed by atoms with Crippen LogP contribution in [0.1, 0.15) is 21.5 Å². The van der Waals surface area contributed by atoms with E-state index in [2.05, 4.69) is 10.6 Å². The van der Waals surface area contributed by atoms with Gasteiger partial charge in [0, 0.05) is 6.54 Å². The highest BCUT2D eigenvalue weighted by molar-refractivity contribution is 7.92. The van der Waals surface area contributed by atoms with Gasteiger partial charge in [-0.3, -0.25) is 13.9 Å². The van der Waals surface area contributed by atoms with E-state index >= 15 is 0 Å². The molecule has 0 saturated heterocycles. The zero-order chi connectivity index (χ0) is 28.5. The molecule has 9 heteroatoms. The molecule has 2 N–H and O–H groups in total. The number of rotatable bonds is 11. The molecule has 0 unspecified atom stereocenters. The number of methoxy groups -OCH3 is 1. The largest absolute Gasteiger partial charge is 0.495 e. The molecule has 8 nitrogen and oxygen atoms in total. The summed E-state index contributed by atoms with van der Waals surface area (Å²) in [5.74, 6) is -0.670. The van der Waals surface area contributed by atoms with Gasteiger partial charge in [0.05, 0.1) is 28.9 Å². The first-order valence-electron chi connectivity index (χ1n) is 12.7. The molecular formula is C31H31N3O5S. The van der Waals surface area contributed by atoms with E-state index in [0.717, 1.165) is 15.4 Å². The Morgan fingerprint density at radius 3 is 2.20 bits per heavy atom. The van der Waals surface area contributed by atoms with Crippen LogP contribution >= 0.6 is 0 Å². The molecule has 2 amide bonds. The van der Waals surface area contributed by atoms with Gasteiger partial charge in [0.25, 0.3) is 15.9 Å². The van der Waals surface area contributed by atoms with Crippen molar-refractivity contribution >= 4 is 33.2 Å². The maximum Gasteiger partial charge on any atom is 0.264 e. The summed E-state index contributed by atoms with van der Waals surface area (Å²) in [4.78, 5) is 26.3. The summed E-state index contributed by atoms with van der Waals surface area (Å²) in [6.45, 7) is 1.74. The van der Waals surface area contributed by atoms with E-state index in [1.54, 1.807) is 60.7 Å². The highest BCUT2D eigenvalue weighted by Crippen LogP contribution is 2.32. The molecular weight excluding hydrogens is 526 g/mol. The fourth-order valence-electron chi connectivity index (χ4n) is 4.14. The molecule has 0 bridgehead atoms. The van der Waals surface area contributed by atoms with Gasteiger partial charge in [-0.1, -0.05) is 72.3 Å². The molecule has 0 spiro atoms. The average molecular weight is 558 g/mol. The molecule has 4 aromatic carbocycles. The SMILES string of the molecule is COc1ccccc1N(CC(=O)Nc1ccccc1C(=O)NCCc1ccccc1)S(=O)(=O)c1ccc(C)cc1. The first-order chi connectivity index (χ1) is 19.3. The van der Waals surface area contributed by atoms with Gasteiger partial charge in [-0.05, 0) is 55.3 Å². The molecule has 0 aliphatic carbocycles. The zero-order valence-electron chi connectivity index (χ0n) is 22.3. The van der Waals surface area contributed by atoms with E-state index in [1.807, 2.05) is 37.3 Å². The second kappa shape index (κ2) is 12.9. The molecule has 0 aliphatic heterocycles. The zero-order valence-corrected chi connectivity index (χ0v) is 23.1. The Morgan fingerprint density at radius 2 is 1.48 bits per heavy atom. The van der Waals surface area contributed by atoms with Gasteiger partial charge in [-0.25, -0.2) is 8.42 Å². The Labute approximate surface area is 234 Å². The molecule has 0 aromatic heterocycles. The van der Waals surface area contributed by atoms with Crippen LogP contribution in [0.25, 0.3) is 0 Å². The van der Waals surface area contributed by atoms with Crippen molar-refractivity contribution in [3.8, 4) is 5.75 Å². The van der Waals surface area contributed by atoms with E-state index in [-0.39, 0.29) is 27.7 Å². The fourth-order valence-corrected chi connectivity index (χ4v) is 5.57. The van der Waals surface area contributed by atoms with Crippen LogP contribution in [0.5, 0.6) is 5.75 Å². The number of hydrogen-bond acceptors (Lipinski definition) is 5. The van der Waals surface area contributed by atoms with Gasteiger partial charge in [0.15, 0.2) is 0 Å². The monoisotopic (exact) mass is 557 g/mol. The average Bonchev–Trinajstić information content (AvgIpc) is 2.97. The number of benzene rings is 4. The van der Waals surface area contributed by atoms with Crippen LogP contribution in [0.2, 0.25) is 0 Å². The van der Waals surface area contributed by atoms with E-state index in [4.69, 9.17) is 4.74 Å². The minimum absolute atomic E-state index is 0.0370. The van der Waals surface area contributed by atoms with Crippen molar-refractivity contribution in [3.05, 3.63) is 120 Å². The highest BCUT2D eigenvalue weighted by atomic mass is 32.2. The van der Waals surface area contributed by atoms with Crippen LogP contribution in [-0.4, -0.2) is 40.4 Å². The molecule has 0 radical (unpaired) electrons. The van der Waals surface area contributed by atoms with Crippen molar-refractivity contribution < 1.29 is 22.7 Å². The Balaban J connectivity index is 1.55. The summed E-state index contributed by atoms with van der Waals surface area (Å²) < 4.78 is 33.9. The van der Waals surface area contributed by atoms with Crippen LogP contribution in [-0.2, 0) is 21.2 Å². The quantitative estimate of drug-likeness (QED) is 0.275. The Hall–Kier alpha value is -4.63. The number of anilines is 2. The van der Waals surface area contributed by atoms with Crippen molar-refractivity contribution in [2.45, 2.75) is 18.2 Å². The standard InChI is InChI=1S/C31H31N3O5S/c1-23-16-18-25(19-17-23)40(37,38)34(28-14-8-9-15-29(28)39-2)22-30(35)33-27-13-7-6-12-26(27)31(36)32-21-20-24-10-4-3-5-11-24/h3-19H,20-22H2,1-2H3,(H,32,36)(H,33,35).